The number of hydrogen-bond donors (Lipinski definition) is 5. The Balaban J connectivity index is 0.000000755. The number of carbonyl (C=O) groups excluding carboxylic acids is 2. The van der Waals surface area contributed by atoms with E-state index in [2.05, 4.69) is 52.8 Å². The molecule has 13 heteroatoms. The summed E-state index contributed by atoms with van der Waals surface area (Å²) in [5.41, 5.74) is 21.2. The van der Waals surface area contributed by atoms with Gasteiger partial charge >= 0.3 is 12.1 Å². The lowest BCUT2D eigenvalue weighted by Crippen LogP contribution is -2.37. The highest BCUT2D eigenvalue weighted by Crippen LogP contribution is 2.32. The van der Waals surface area contributed by atoms with E-state index in [9.17, 15) is 22.8 Å². The second-order valence-corrected chi connectivity index (χ2v) is 12.4. The Labute approximate surface area is 294 Å². The van der Waals surface area contributed by atoms with Gasteiger partial charge < -0.3 is 32.5 Å². The quantitative estimate of drug-likeness (QED) is 0.102. The molecular formula is C38H43F3N6O4. The van der Waals surface area contributed by atoms with Gasteiger partial charge in [0.1, 0.15) is 0 Å². The molecule has 8 N–H and O–H groups in total. The maximum atomic E-state index is 14.2. The number of fused-ring (bicyclic) bond motifs is 1. The molecule has 10 nitrogen and oxygen atoms in total. The monoisotopic (exact) mass is 704 g/mol. The van der Waals surface area contributed by atoms with Gasteiger partial charge in [0.2, 0.25) is 5.91 Å². The smallest absolute Gasteiger partial charge is 0.475 e. The van der Waals surface area contributed by atoms with E-state index in [-0.39, 0.29) is 23.7 Å². The molecule has 0 radical (unpaired) electrons. The molecule has 1 aliphatic carbocycles. The largest absolute Gasteiger partial charge is 0.490 e. The number of alkyl halides is 3. The minimum atomic E-state index is -5.08. The van der Waals surface area contributed by atoms with Crippen molar-refractivity contribution in [1.82, 2.24) is 10.2 Å². The molecule has 0 aliphatic heterocycles. The van der Waals surface area contributed by atoms with Crippen molar-refractivity contribution in [2.75, 3.05) is 19.6 Å². The minimum absolute atomic E-state index is 0.0458. The predicted molar refractivity (Wildman–Crippen MR) is 191 cm³/mol. The van der Waals surface area contributed by atoms with E-state index in [1.54, 1.807) is 0 Å². The Kier molecular flexibility index (Phi) is 13.5. The number of carbonyl (C=O) groups is 3. The van der Waals surface area contributed by atoms with Crippen LogP contribution >= 0.6 is 0 Å². The summed E-state index contributed by atoms with van der Waals surface area (Å²) >= 11 is 0. The first-order valence-corrected chi connectivity index (χ1v) is 16.6. The number of carboxylic acid groups (broad SMARTS) is 1. The van der Waals surface area contributed by atoms with Gasteiger partial charge in [-0.3, -0.25) is 14.6 Å². The van der Waals surface area contributed by atoms with Crippen molar-refractivity contribution in [2.24, 2.45) is 34.0 Å². The molecule has 0 heterocycles. The third kappa shape index (κ3) is 11.0. The number of halogens is 3. The summed E-state index contributed by atoms with van der Waals surface area (Å²) < 4.78 is 31.7. The molecular weight excluding hydrogens is 661 g/mol. The Morgan fingerprint density at radius 1 is 0.863 bits per heavy atom. The molecule has 0 spiro atoms. The molecule has 1 fully saturated rings. The van der Waals surface area contributed by atoms with Gasteiger partial charge in [0.05, 0.1) is 0 Å². The standard InChI is InChI=1S/C36H42N6O2.C2HF3O2/c37-19-20-40-34(43)33-14-4-3-13-32(33)29-10-5-7-26(21-29)23-42(24-30-11-6-9-27-8-1-2-12-31(27)30)35(44)28-17-15-25(16-18-28)22-41-36(38)39;3-2(4,5)1(6)7/h1-14,21,25,28H,15-20,22-24,37H2,(H,40,43)(H4,38,39,41);(H,6,7). The van der Waals surface area contributed by atoms with Crippen LogP contribution in [0.25, 0.3) is 21.9 Å². The summed E-state index contributed by atoms with van der Waals surface area (Å²) in [7, 11) is 0. The van der Waals surface area contributed by atoms with Gasteiger partial charge in [0.25, 0.3) is 5.91 Å². The molecule has 0 saturated heterocycles. The van der Waals surface area contributed by atoms with Crippen LogP contribution in [-0.4, -0.2) is 59.6 Å². The summed E-state index contributed by atoms with van der Waals surface area (Å²) in [5, 5.41) is 12.3. The Bertz CT molecular complexity index is 1830. The van der Waals surface area contributed by atoms with E-state index >= 15 is 0 Å². The number of guanidine groups is 1. The van der Waals surface area contributed by atoms with Crippen molar-refractivity contribution in [3.63, 3.8) is 0 Å². The minimum Gasteiger partial charge on any atom is -0.475 e. The van der Waals surface area contributed by atoms with Crippen molar-refractivity contribution < 1.29 is 32.7 Å². The summed E-state index contributed by atoms with van der Waals surface area (Å²) in [4.78, 5) is 42.2. The Morgan fingerprint density at radius 2 is 1.51 bits per heavy atom. The fourth-order valence-corrected chi connectivity index (χ4v) is 6.20. The van der Waals surface area contributed by atoms with Gasteiger partial charge in [-0.25, -0.2) is 4.79 Å². The highest BCUT2D eigenvalue weighted by molar-refractivity contribution is 6.01. The molecule has 1 saturated carbocycles. The number of rotatable bonds is 11. The molecule has 0 bridgehead atoms. The van der Waals surface area contributed by atoms with Gasteiger partial charge in [-0.05, 0) is 76.8 Å². The van der Waals surface area contributed by atoms with E-state index in [1.807, 2.05) is 53.4 Å². The average Bonchev–Trinajstić information content (AvgIpc) is 3.12. The molecule has 51 heavy (non-hydrogen) atoms. The van der Waals surface area contributed by atoms with Crippen molar-refractivity contribution >= 4 is 34.5 Å². The summed E-state index contributed by atoms with van der Waals surface area (Å²) in [6.45, 7) is 2.37. The maximum Gasteiger partial charge on any atom is 0.490 e. The van der Waals surface area contributed by atoms with Crippen LogP contribution in [0.5, 0.6) is 0 Å². The predicted octanol–water partition coefficient (Wildman–Crippen LogP) is 5.44. The number of amides is 2. The average molecular weight is 705 g/mol. The van der Waals surface area contributed by atoms with Gasteiger partial charge in [-0.15, -0.1) is 0 Å². The highest BCUT2D eigenvalue weighted by Gasteiger charge is 2.38. The Morgan fingerprint density at radius 3 is 2.20 bits per heavy atom. The molecule has 270 valence electrons. The summed E-state index contributed by atoms with van der Waals surface area (Å²) in [6, 6.07) is 30.3. The summed E-state index contributed by atoms with van der Waals surface area (Å²) in [6.07, 6.45) is -1.59. The van der Waals surface area contributed by atoms with Crippen LogP contribution in [-0.2, 0) is 22.7 Å². The van der Waals surface area contributed by atoms with Crippen molar-refractivity contribution in [3.8, 4) is 11.1 Å². The van der Waals surface area contributed by atoms with Crippen LogP contribution in [0, 0.1) is 11.8 Å². The maximum absolute atomic E-state index is 14.2. The lowest BCUT2D eigenvalue weighted by Gasteiger charge is -2.32. The van der Waals surface area contributed by atoms with E-state index < -0.39 is 12.1 Å². The number of aliphatic imine (C=N–C) groups is 1. The number of aliphatic carboxylic acids is 1. The number of nitrogens with two attached hydrogens (primary N) is 3. The first-order chi connectivity index (χ1) is 24.4. The second kappa shape index (κ2) is 18.0. The topological polar surface area (TPSA) is 177 Å². The summed E-state index contributed by atoms with van der Waals surface area (Å²) in [5.74, 6) is -2.27. The van der Waals surface area contributed by atoms with E-state index in [0.717, 1.165) is 58.7 Å². The fourth-order valence-electron chi connectivity index (χ4n) is 6.20. The first kappa shape index (κ1) is 38.4. The molecule has 4 aromatic carbocycles. The van der Waals surface area contributed by atoms with Gasteiger partial charge in [0, 0.05) is 44.2 Å². The fraction of sp³-hybridized carbons (Fsp3) is 0.316. The lowest BCUT2D eigenvalue weighted by molar-refractivity contribution is -0.192. The molecule has 0 unspecified atom stereocenters. The van der Waals surface area contributed by atoms with E-state index in [4.69, 9.17) is 27.1 Å². The zero-order chi connectivity index (χ0) is 37.0. The van der Waals surface area contributed by atoms with E-state index in [1.165, 1.54) is 0 Å². The second-order valence-electron chi connectivity index (χ2n) is 12.4. The zero-order valence-corrected chi connectivity index (χ0v) is 28.1. The van der Waals surface area contributed by atoms with Crippen LogP contribution in [0.3, 0.4) is 0 Å². The van der Waals surface area contributed by atoms with Crippen molar-refractivity contribution in [1.29, 1.82) is 0 Å². The molecule has 5 rings (SSSR count). The Hall–Kier alpha value is -5.43. The van der Waals surface area contributed by atoms with Gasteiger partial charge in [-0.2, -0.15) is 13.2 Å². The van der Waals surface area contributed by atoms with Crippen LogP contribution < -0.4 is 22.5 Å². The normalized spacial score (nSPS) is 15.6. The van der Waals surface area contributed by atoms with Crippen LogP contribution in [0.15, 0.2) is 96.0 Å². The van der Waals surface area contributed by atoms with Gasteiger partial charge in [-0.1, -0.05) is 78.9 Å². The first-order valence-electron chi connectivity index (χ1n) is 16.6. The van der Waals surface area contributed by atoms with Crippen molar-refractivity contribution in [2.45, 2.75) is 44.9 Å². The van der Waals surface area contributed by atoms with Crippen LogP contribution in [0.1, 0.15) is 47.2 Å². The molecule has 1 aliphatic rings. The molecule has 2 amide bonds. The third-order valence-corrected chi connectivity index (χ3v) is 8.74. The number of hydrogen-bond acceptors (Lipinski definition) is 5. The number of carboxylic acids is 1. The number of nitrogens with zero attached hydrogens (tertiary/aromatic N) is 2. The zero-order valence-electron chi connectivity index (χ0n) is 28.1. The van der Waals surface area contributed by atoms with Crippen LogP contribution in [0.4, 0.5) is 13.2 Å². The molecule has 4 aromatic rings. The van der Waals surface area contributed by atoms with Crippen LogP contribution in [0.2, 0.25) is 0 Å². The van der Waals surface area contributed by atoms with E-state index in [0.29, 0.717) is 44.2 Å². The number of benzene rings is 4. The van der Waals surface area contributed by atoms with Crippen molar-refractivity contribution in [3.05, 3.63) is 108 Å². The lowest BCUT2D eigenvalue weighted by atomic mass is 9.81. The van der Waals surface area contributed by atoms with Gasteiger partial charge in [0.15, 0.2) is 5.96 Å². The SMILES string of the molecule is NCCNC(=O)c1ccccc1-c1cccc(CN(Cc2cccc3ccccc23)C(=O)C2CCC(CN=C(N)N)CC2)c1.O=C(O)C(F)(F)F. The molecule has 0 atom stereocenters. The molecule has 0 aromatic heterocycles. The third-order valence-electron chi connectivity index (χ3n) is 8.74. The number of nitrogens with one attached hydrogen (secondary N) is 1. The highest BCUT2D eigenvalue weighted by atomic mass is 19.4.